The minimum atomic E-state index is -0.412. The fraction of sp³-hybridized carbons (Fsp3) is 0.167. The molecule has 0 saturated heterocycles. The van der Waals surface area contributed by atoms with Gasteiger partial charge in [-0.1, -0.05) is 18.2 Å². The van der Waals surface area contributed by atoms with Crippen LogP contribution in [0.1, 0.15) is 18.0 Å². The van der Waals surface area contributed by atoms with Crippen LogP contribution >= 0.6 is 0 Å². The molecular formula is C12H14N4O. The average Bonchev–Trinajstić information content (AvgIpc) is 2.78. The molecule has 0 aliphatic rings. The molecule has 1 aromatic heterocycles. The minimum Gasteiger partial charge on any atom is -0.370 e. The molecule has 5 heteroatoms. The van der Waals surface area contributed by atoms with Gasteiger partial charge in [-0.25, -0.2) is 4.68 Å². The summed E-state index contributed by atoms with van der Waals surface area (Å²) >= 11 is 0. The Morgan fingerprint density at radius 2 is 2.06 bits per heavy atom. The van der Waals surface area contributed by atoms with Gasteiger partial charge in [-0.05, 0) is 12.1 Å². The summed E-state index contributed by atoms with van der Waals surface area (Å²) in [6.45, 7) is 0. The number of para-hydroxylation sites is 1. The topological polar surface area (TPSA) is 86.9 Å². The summed E-state index contributed by atoms with van der Waals surface area (Å²) in [6, 6.07) is 9.28. The third-order valence-corrected chi connectivity index (χ3v) is 2.47. The summed E-state index contributed by atoms with van der Waals surface area (Å²) in [5.74, 6) is -0.412. The van der Waals surface area contributed by atoms with Gasteiger partial charge in [0.1, 0.15) is 0 Å². The van der Waals surface area contributed by atoms with E-state index >= 15 is 0 Å². The number of hydrogen-bond donors (Lipinski definition) is 2. The van der Waals surface area contributed by atoms with Crippen molar-refractivity contribution in [1.82, 2.24) is 9.78 Å². The number of rotatable bonds is 4. The molecule has 2 rings (SSSR count). The summed E-state index contributed by atoms with van der Waals surface area (Å²) in [5, 5.41) is 4.20. The Labute approximate surface area is 99.0 Å². The van der Waals surface area contributed by atoms with Crippen LogP contribution in [0.3, 0.4) is 0 Å². The number of hydrogen-bond acceptors (Lipinski definition) is 3. The number of primary amides is 1. The van der Waals surface area contributed by atoms with Crippen LogP contribution in [0.5, 0.6) is 0 Å². The van der Waals surface area contributed by atoms with E-state index in [-0.39, 0.29) is 6.42 Å². The first-order valence-electron chi connectivity index (χ1n) is 5.30. The number of carbonyl (C=O) groups excluding carboxylic acids is 1. The molecule has 0 unspecified atom stereocenters. The van der Waals surface area contributed by atoms with Crippen LogP contribution in [0, 0.1) is 0 Å². The first-order valence-corrected chi connectivity index (χ1v) is 5.30. The van der Waals surface area contributed by atoms with Gasteiger partial charge < -0.3 is 11.5 Å². The van der Waals surface area contributed by atoms with Crippen LogP contribution in [-0.4, -0.2) is 15.7 Å². The van der Waals surface area contributed by atoms with Crippen molar-refractivity contribution < 1.29 is 4.79 Å². The van der Waals surface area contributed by atoms with Crippen molar-refractivity contribution in [2.45, 2.75) is 12.5 Å². The Morgan fingerprint density at radius 1 is 1.35 bits per heavy atom. The molecule has 0 aliphatic heterocycles. The second-order valence-electron chi connectivity index (χ2n) is 3.83. The van der Waals surface area contributed by atoms with Gasteiger partial charge in [-0.3, -0.25) is 4.79 Å². The molecule has 2 aromatic rings. The van der Waals surface area contributed by atoms with Crippen molar-refractivity contribution in [3.8, 4) is 5.69 Å². The molecular weight excluding hydrogens is 216 g/mol. The quantitative estimate of drug-likeness (QED) is 0.812. The summed E-state index contributed by atoms with van der Waals surface area (Å²) in [7, 11) is 0. The third-order valence-electron chi connectivity index (χ3n) is 2.47. The van der Waals surface area contributed by atoms with Crippen LogP contribution < -0.4 is 11.5 Å². The van der Waals surface area contributed by atoms with E-state index in [4.69, 9.17) is 11.5 Å². The highest BCUT2D eigenvalue weighted by atomic mass is 16.1. The minimum absolute atomic E-state index is 0.125. The Morgan fingerprint density at radius 3 is 2.71 bits per heavy atom. The van der Waals surface area contributed by atoms with E-state index in [2.05, 4.69) is 5.10 Å². The summed E-state index contributed by atoms with van der Waals surface area (Å²) in [5.41, 5.74) is 12.7. The Bertz CT molecular complexity index is 506. The fourth-order valence-corrected chi connectivity index (χ4v) is 1.58. The number of aromatic nitrogens is 2. The molecule has 4 N–H and O–H groups in total. The molecule has 0 radical (unpaired) electrons. The monoisotopic (exact) mass is 230 g/mol. The molecule has 0 aliphatic carbocycles. The van der Waals surface area contributed by atoms with Gasteiger partial charge in [0.2, 0.25) is 5.91 Å². The molecule has 88 valence electrons. The lowest BCUT2D eigenvalue weighted by atomic mass is 10.1. The molecule has 1 amide bonds. The molecule has 1 aromatic carbocycles. The lowest BCUT2D eigenvalue weighted by molar-refractivity contribution is -0.118. The van der Waals surface area contributed by atoms with Gasteiger partial charge in [-0.2, -0.15) is 5.10 Å². The number of benzene rings is 1. The predicted octanol–water partition coefficient (Wildman–Crippen LogP) is 0.747. The average molecular weight is 230 g/mol. The van der Waals surface area contributed by atoms with Gasteiger partial charge in [0.15, 0.2) is 0 Å². The van der Waals surface area contributed by atoms with Crippen LogP contribution in [0.25, 0.3) is 5.69 Å². The van der Waals surface area contributed by atoms with Gasteiger partial charge >= 0.3 is 0 Å². The Hall–Kier alpha value is -2.14. The molecule has 0 spiro atoms. The molecule has 1 atom stereocenters. The van der Waals surface area contributed by atoms with E-state index in [1.807, 2.05) is 36.5 Å². The van der Waals surface area contributed by atoms with E-state index in [1.165, 1.54) is 0 Å². The van der Waals surface area contributed by atoms with Crippen molar-refractivity contribution in [1.29, 1.82) is 0 Å². The van der Waals surface area contributed by atoms with E-state index in [0.717, 1.165) is 11.3 Å². The van der Waals surface area contributed by atoms with E-state index in [9.17, 15) is 4.79 Å². The van der Waals surface area contributed by atoms with Gasteiger partial charge in [0.05, 0.1) is 11.9 Å². The molecule has 1 heterocycles. The van der Waals surface area contributed by atoms with E-state index < -0.39 is 11.9 Å². The predicted molar refractivity (Wildman–Crippen MR) is 64.3 cm³/mol. The highest BCUT2D eigenvalue weighted by molar-refractivity contribution is 5.74. The summed E-state index contributed by atoms with van der Waals surface area (Å²) < 4.78 is 1.72. The smallest absolute Gasteiger partial charge is 0.219 e. The van der Waals surface area contributed by atoms with Crippen molar-refractivity contribution in [2.75, 3.05) is 0 Å². The molecule has 0 fully saturated rings. The van der Waals surface area contributed by atoms with E-state index in [1.54, 1.807) is 10.9 Å². The zero-order valence-corrected chi connectivity index (χ0v) is 9.28. The number of carbonyl (C=O) groups is 1. The largest absolute Gasteiger partial charge is 0.370 e. The lowest BCUT2D eigenvalue weighted by Crippen LogP contribution is -2.20. The Kier molecular flexibility index (Phi) is 3.20. The Balaban J connectivity index is 2.19. The van der Waals surface area contributed by atoms with Crippen LogP contribution in [0.2, 0.25) is 0 Å². The fourth-order valence-electron chi connectivity index (χ4n) is 1.58. The van der Waals surface area contributed by atoms with Crippen molar-refractivity contribution in [2.24, 2.45) is 11.5 Å². The van der Waals surface area contributed by atoms with Crippen molar-refractivity contribution in [3.63, 3.8) is 0 Å². The maximum Gasteiger partial charge on any atom is 0.219 e. The highest BCUT2D eigenvalue weighted by Crippen LogP contribution is 2.15. The zero-order valence-electron chi connectivity index (χ0n) is 9.28. The molecule has 0 bridgehead atoms. The maximum atomic E-state index is 10.8. The zero-order chi connectivity index (χ0) is 12.3. The van der Waals surface area contributed by atoms with Crippen LogP contribution in [-0.2, 0) is 4.79 Å². The van der Waals surface area contributed by atoms with Gasteiger partial charge in [0.25, 0.3) is 0 Å². The van der Waals surface area contributed by atoms with Gasteiger partial charge in [0, 0.05) is 24.2 Å². The van der Waals surface area contributed by atoms with Crippen LogP contribution in [0.15, 0.2) is 42.7 Å². The summed E-state index contributed by atoms with van der Waals surface area (Å²) in [6.07, 6.45) is 3.59. The normalized spacial score (nSPS) is 12.3. The molecule has 5 nitrogen and oxygen atoms in total. The third kappa shape index (κ3) is 2.70. The first kappa shape index (κ1) is 11.3. The van der Waals surface area contributed by atoms with Crippen LogP contribution in [0.4, 0.5) is 0 Å². The van der Waals surface area contributed by atoms with E-state index in [0.29, 0.717) is 0 Å². The molecule has 17 heavy (non-hydrogen) atoms. The first-order chi connectivity index (χ1) is 8.16. The van der Waals surface area contributed by atoms with Gasteiger partial charge in [-0.15, -0.1) is 0 Å². The van der Waals surface area contributed by atoms with Crippen molar-refractivity contribution >= 4 is 5.91 Å². The second-order valence-corrected chi connectivity index (χ2v) is 3.83. The van der Waals surface area contributed by atoms with Crippen molar-refractivity contribution in [3.05, 3.63) is 48.3 Å². The summed E-state index contributed by atoms with van der Waals surface area (Å²) in [4.78, 5) is 10.8. The standard InChI is InChI=1S/C12H14N4O/c13-11(6-12(14)17)9-7-15-16(8-9)10-4-2-1-3-5-10/h1-5,7-8,11H,6,13H2,(H2,14,17)/t11-/m1/s1. The number of nitrogens with zero attached hydrogens (tertiary/aromatic N) is 2. The highest BCUT2D eigenvalue weighted by Gasteiger charge is 2.11. The molecule has 0 saturated carbocycles. The second kappa shape index (κ2) is 4.80. The number of nitrogens with two attached hydrogens (primary N) is 2. The lowest BCUT2D eigenvalue weighted by Gasteiger charge is -2.05. The SMILES string of the molecule is NC(=O)C[C@@H](N)c1cnn(-c2ccccc2)c1. The number of amides is 1. The maximum absolute atomic E-state index is 10.8.